The molecule has 86 valence electrons. The van der Waals surface area contributed by atoms with Gasteiger partial charge >= 0.3 is 0 Å². The summed E-state index contributed by atoms with van der Waals surface area (Å²) in [5.74, 6) is 0.186. The average molecular weight is 237 g/mol. The SMILES string of the molecule is CC1=CC(NCc2ccccc2)CS1(=O)=O. The molecule has 1 unspecified atom stereocenters. The van der Waals surface area contributed by atoms with Crippen LogP contribution in [0.25, 0.3) is 0 Å². The third kappa shape index (κ3) is 2.51. The van der Waals surface area contributed by atoms with Gasteiger partial charge < -0.3 is 5.32 Å². The molecule has 0 radical (unpaired) electrons. The second kappa shape index (κ2) is 4.39. The number of nitrogens with one attached hydrogen (secondary N) is 1. The molecule has 1 atom stereocenters. The maximum Gasteiger partial charge on any atom is 0.175 e. The molecule has 2 rings (SSSR count). The van der Waals surface area contributed by atoms with Crippen LogP contribution in [0, 0.1) is 0 Å². The van der Waals surface area contributed by atoms with E-state index in [2.05, 4.69) is 5.32 Å². The van der Waals surface area contributed by atoms with Gasteiger partial charge in [-0.2, -0.15) is 0 Å². The summed E-state index contributed by atoms with van der Waals surface area (Å²) >= 11 is 0. The zero-order valence-corrected chi connectivity index (χ0v) is 10.00. The lowest BCUT2D eigenvalue weighted by Crippen LogP contribution is -2.29. The molecule has 3 nitrogen and oxygen atoms in total. The molecule has 1 aliphatic rings. The van der Waals surface area contributed by atoms with Crippen LogP contribution < -0.4 is 5.32 Å². The Morgan fingerprint density at radius 3 is 2.56 bits per heavy atom. The first-order valence-corrected chi connectivity index (χ1v) is 6.92. The van der Waals surface area contributed by atoms with E-state index in [9.17, 15) is 8.42 Å². The van der Waals surface area contributed by atoms with Crippen molar-refractivity contribution in [1.29, 1.82) is 0 Å². The average Bonchev–Trinajstić information content (AvgIpc) is 2.52. The van der Waals surface area contributed by atoms with Gasteiger partial charge in [0.15, 0.2) is 9.84 Å². The van der Waals surface area contributed by atoms with Crippen LogP contribution in [0.5, 0.6) is 0 Å². The fraction of sp³-hybridized carbons (Fsp3) is 0.333. The van der Waals surface area contributed by atoms with E-state index in [1.54, 1.807) is 13.0 Å². The summed E-state index contributed by atoms with van der Waals surface area (Å²) in [6, 6.07) is 9.91. The third-order valence-corrected chi connectivity index (χ3v) is 4.65. The minimum atomic E-state index is -2.98. The number of allylic oxidation sites excluding steroid dienone is 1. The van der Waals surface area contributed by atoms with Crippen LogP contribution in [-0.4, -0.2) is 20.2 Å². The van der Waals surface area contributed by atoms with Gasteiger partial charge in [0, 0.05) is 17.5 Å². The highest BCUT2D eigenvalue weighted by Gasteiger charge is 2.26. The second-order valence-electron chi connectivity index (χ2n) is 4.03. The van der Waals surface area contributed by atoms with E-state index in [-0.39, 0.29) is 11.8 Å². The highest BCUT2D eigenvalue weighted by Crippen LogP contribution is 2.17. The van der Waals surface area contributed by atoms with Crippen molar-refractivity contribution in [2.45, 2.75) is 19.5 Å². The Kier molecular flexibility index (Phi) is 3.12. The summed E-state index contributed by atoms with van der Waals surface area (Å²) < 4.78 is 23.0. The number of benzene rings is 1. The molecule has 0 aliphatic carbocycles. The maximum absolute atomic E-state index is 11.5. The lowest BCUT2D eigenvalue weighted by molar-refractivity contribution is 0.589. The maximum atomic E-state index is 11.5. The molecular weight excluding hydrogens is 222 g/mol. The van der Waals surface area contributed by atoms with E-state index in [1.807, 2.05) is 30.3 Å². The van der Waals surface area contributed by atoms with Gasteiger partial charge in [-0.25, -0.2) is 8.42 Å². The molecule has 1 heterocycles. The van der Waals surface area contributed by atoms with E-state index in [0.29, 0.717) is 11.4 Å². The van der Waals surface area contributed by atoms with Crippen LogP contribution in [0.15, 0.2) is 41.3 Å². The van der Waals surface area contributed by atoms with Gasteiger partial charge in [-0.15, -0.1) is 0 Å². The molecule has 0 aromatic heterocycles. The van der Waals surface area contributed by atoms with Crippen molar-refractivity contribution in [3.05, 3.63) is 46.9 Å². The summed E-state index contributed by atoms with van der Waals surface area (Å²) in [6.45, 7) is 2.35. The molecule has 1 aliphatic heterocycles. The number of hydrogen-bond donors (Lipinski definition) is 1. The minimum Gasteiger partial charge on any atom is -0.305 e. The van der Waals surface area contributed by atoms with Crippen LogP contribution in [0.2, 0.25) is 0 Å². The summed E-state index contributed by atoms with van der Waals surface area (Å²) in [6.07, 6.45) is 1.79. The lowest BCUT2D eigenvalue weighted by Gasteiger charge is -2.09. The van der Waals surface area contributed by atoms with E-state index < -0.39 is 9.84 Å². The quantitative estimate of drug-likeness (QED) is 0.866. The largest absolute Gasteiger partial charge is 0.305 e. The Balaban J connectivity index is 1.95. The number of hydrogen-bond acceptors (Lipinski definition) is 3. The third-order valence-electron chi connectivity index (χ3n) is 2.74. The van der Waals surface area contributed by atoms with Crippen molar-refractivity contribution in [2.24, 2.45) is 0 Å². The van der Waals surface area contributed by atoms with E-state index in [0.717, 1.165) is 5.56 Å². The predicted molar refractivity (Wildman–Crippen MR) is 64.6 cm³/mol. The molecule has 0 amide bonds. The standard InChI is InChI=1S/C12H15NO2S/c1-10-7-12(9-16(10,14)15)13-8-11-5-3-2-4-6-11/h2-7,12-13H,8-9H2,1H3. The highest BCUT2D eigenvalue weighted by molar-refractivity contribution is 7.95. The molecule has 1 N–H and O–H groups in total. The van der Waals surface area contributed by atoms with Crippen molar-refractivity contribution in [3.63, 3.8) is 0 Å². The molecule has 1 aromatic carbocycles. The Hall–Kier alpha value is -1.13. The molecule has 0 fully saturated rings. The summed E-state index contributed by atoms with van der Waals surface area (Å²) in [7, 11) is -2.98. The van der Waals surface area contributed by atoms with Crippen LogP contribution in [0.4, 0.5) is 0 Å². The topological polar surface area (TPSA) is 46.2 Å². The summed E-state index contributed by atoms with van der Waals surface area (Å²) in [5, 5.41) is 3.23. The van der Waals surface area contributed by atoms with Gasteiger partial charge in [-0.3, -0.25) is 0 Å². The van der Waals surface area contributed by atoms with Gasteiger partial charge in [-0.05, 0) is 12.5 Å². The second-order valence-corrected chi connectivity index (χ2v) is 6.24. The molecule has 0 bridgehead atoms. The fourth-order valence-corrected chi connectivity index (χ4v) is 3.09. The van der Waals surface area contributed by atoms with Crippen molar-refractivity contribution < 1.29 is 8.42 Å². The Labute approximate surface area is 96.1 Å². The summed E-state index contributed by atoms with van der Waals surface area (Å²) in [4.78, 5) is 0.484. The molecule has 0 saturated carbocycles. The van der Waals surface area contributed by atoms with Crippen LogP contribution in [0.3, 0.4) is 0 Å². The van der Waals surface area contributed by atoms with E-state index >= 15 is 0 Å². The fourth-order valence-electron chi connectivity index (χ4n) is 1.77. The first kappa shape index (κ1) is 11.4. The first-order valence-electron chi connectivity index (χ1n) is 5.26. The normalized spacial score (nSPS) is 23.1. The van der Waals surface area contributed by atoms with Crippen molar-refractivity contribution in [1.82, 2.24) is 5.32 Å². The predicted octanol–water partition coefficient (Wildman–Crippen LogP) is 1.48. The van der Waals surface area contributed by atoms with Gasteiger partial charge in [0.2, 0.25) is 0 Å². The molecule has 1 aromatic rings. The van der Waals surface area contributed by atoms with Gasteiger partial charge in [0.05, 0.1) is 5.75 Å². The van der Waals surface area contributed by atoms with Crippen LogP contribution in [0.1, 0.15) is 12.5 Å². The van der Waals surface area contributed by atoms with E-state index in [1.165, 1.54) is 0 Å². The van der Waals surface area contributed by atoms with Crippen molar-refractivity contribution in [3.8, 4) is 0 Å². The monoisotopic (exact) mass is 237 g/mol. The zero-order valence-electron chi connectivity index (χ0n) is 9.18. The number of sulfone groups is 1. The smallest absolute Gasteiger partial charge is 0.175 e. The van der Waals surface area contributed by atoms with Crippen LogP contribution >= 0.6 is 0 Å². The van der Waals surface area contributed by atoms with Crippen molar-refractivity contribution >= 4 is 9.84 Å². The lowest BCUT2D eigenvalue weighted by atomic mass is 10.2. The molecule has 0 saturated heterocycles. The molecule has 16 heavy (non-hydrogen) atoms. The van der Waals surface area contributed by atoms with Gasteiger partial charge in [0.1, 0.15) is 0 Å². The highest BCUT2D eigenvalue weighted by atomic mass is 32.2. The Morgan fingerprint density at radius 2 is 2.00 bits per heavy atom. The Bertz CT molecular complexity index is 491. The molecular formula is C12H15NO2S. The van der Waals surface area contributed by atoms with Crippen LogP contribution in [-0.2, 0) is 16.4 Å². The Morgan fingerprint density at radius 1 is 1.31 bits per heavy atom. The summed E-state index contributed by atoms with van der Waals surface area (Å²) in [5.41, 5.74) is 1.16. The minimum absolute atomic E-state index is 0.0507. The van der Waals surface area contributed by atoms with Gasteiger partial charge in [0.25, 0.3) is 0 Å². The number of rotatable bonds is 3. The van der Waals surface area contributed by atoms with Gasteiger partial charge in [-0.1, -0.05) is 36.4 Å². The van der Waals surface area contributed by atoms with Crippen molar-refractivity contribution in [2.75, 3.05) is 5.75 Å². The first-order chi connectivity index (χ1) is 7.58. The molecule has 4 heteroatoms. The molecule has 0 spiro atoms. The van der Waals surface area contributed by atoms with E-state index in [4.69, 9.17) is 0 Å². The zero-order chi connectivity index (χ0) is 11.6.